The lowest BCUT2D eigenvalue weighted by molar-refractivity contribution is -0.137. The number of rotatable bonds is 5. The zero-order valence-electron chi connectivity index (χ0n) is 15.2. The van der Waals surface area contributed by atoms with E-state index in [1.165, 1.54) is 12.1 Å². The van der Waals surface area contributed by atoms with Crippen molar-refractivity contribution in [3.8, 4) is 0 Å². The summed E-state index contributed by atoms with van der Waals surface area (Å²) in [5.41, 5.74) is -0.225. The summed E-state index contributed by atoms with van der Waals surface area (Å²) in [5, 5.41) is 2.36. The Morgan fingerprint density at radius 3 is 2.50 bits per heavy atom. The van der Waals surface area contributed by atoms with Gasteiger partial charge in [0.05, 0.1) is 10.5 Å². The first-order valence-corrected chi connectivity index (χ1v) is 9.81. The fourth-order valence-corrected chi connectivity index (χ4v) is 3.60. The summed E-state index contributed by atoms with van der Waals surface area (Å²) >= 11 is 6.56. The van der Waals surface area contributed by atoms with Crippen LogP contribution in [0.1, 0.15) is 17.5 Å². The minimum Gasteiger partial charge on any atom is -0.326 e. The molecular weight excluding hydrogens is 441 g/mol. The molecule has 5 nitrogen and oxygen atoms in total. The van der Waals surface area contributed by atoms with Crippen molar-refractivity contribution < 1.29 is 27.6 Å². The van der Waals surface area contributed by atoms with Crippen molar-refractivity contribution in [1.29, 1.82) is 0 Å². The number of thioether (sulfide) groups is 1. The SMILES string of the molecule is O=C(CCN1C(=O)S/C(=C\c2ccc(Cl)cc2)C1=O)Nc1cccc(C(F)(F)F)c1. The number of anilines is 1. The van der Waals surface area contributed by atoms with Crippen LogP contribution in [0, 0.1) is 0 Å². The van der Waals surface area contributed by atoms with Crippen LogP contribution < -0.4 is 5.32 Å². The van der Waals surface area contributed by atoms with E-state index in [9.17, 15) is 27.6 Å². The molecule has 3 amide bonds. The van der Waals surface area contributed by atoms with E-state index in [1.54, 1.807) is 30.3 Å². The first-order chi connectivity index (χ1) is 14.1. The Labute approximate surface area is 178 Å². The molecule has 0 aromatic heterocycles. The fraction of sp³-hybridized carbons (Fsp3) is 0.150. The number of amides is 3. The molecule has 1 aliphatic rings. The van der Waals surface area contributed by atoms with Gasteiger partial charge in [-0.05, 0) is 53.7 Å². The Hall–Kier alpha value is -2.78. The number of alkyl halides is 3. The van der Waals surface area contributed by atoms with Gasteiger partial charge in [0.2, 0.25) is 5.91 Å². The van der Waals surface area contributed by atoms with Gasteiger partial charge in [-0.3, -0.25) is 19.3 Å². The Bertz CT molecular complexity index is 1020. The predicted molar refractivity (Wildman–Crippen MR) is 109 cm³/mol. The van der Waals surface area contributed by atoms with E-state index in [4.69, 9.17) is 11.6 Å². The highest BCUT2D eigenvalue weighted by Gasteiger charge is 2.35. The minimum absolute atomic E-state index is 0.0217. The Morgan fingerprint density at radius 1 is 1.13 bits per heavy atom. The fourth-order valence-electron chi connectivity index (χ4n) is 2.61. The van der Waals surface area contributed by atoms with Crippen molar-refractivity contribution in [2.24, 2.45) is 0 Å². The van der Waals surface area contributed by atoms with Gasteiger partial charge < -0.3 is 5.32 Å². The van der Waals surface area contributed by atoms with E-state index in [0.29, 0.717) is 10.6 Å². The lowest BCUT2D eigenvalue weighted by Crippen LogP contribution is -2.31. The Balaban J connectivity index is 1.60. The molecule has 0 saturated carbocycles. The second-order valence-electron chi connectivity index (χ2n) is 6.26. The van der Waals surface area contributed by atoms with Gasteiger partial charge in [-0.15, -0.1) is 0 Å². The monoisotopic (exact) mass is 454 g/mol. The van der Waals surface area contributed by atoms with Crippen LogP contribution in [0.3, 0.4) is 0 Å². The molecule has 2 aromatic rings. The van der Waals surface area contributed by atoms with Crippen molar-refractivity contribution in [2.45, 2.75) is 12.6 Å². The number of benzene rings is 2. The van der Waals surface area contributed by atoms with E-state index < -0.39 is 28.8 Å². The molecule has 1 N–H and O–H groups in total. The average Bonchev–Trinajstić information content (AvgIpc) is 2.94. The normalized spacial score (nSPS) is 15.7. The second-order valence-corrected chi connectivity index (χ2v) is 7.69. The van der Waals surface area contributed by atoms with E-state index in [2.05, 4.69) is 5.32 Å². The maximum absolute atomic E-state index is 12.7. The molecule has 3 rings (SSSR count). The number of hydrogen-bond donors (Lipinski definition) is 1. The molecular formula is C20H14ClF3N2O3S. The minimum atomic E-state index is -4.53. The van der Waals surface area contributed by atoms with Gasteiger partial charge in [-0.2, -0.15) is 13.2 Å². The lowest BCUT2D eigenvalue weighted by atomic mass is 10.2. The third-order valence-corrected chi connectivity index (χ3v) is 5.24. The molecule has 30 heavy (non-hydrogen) atoms. The van der Waals surface area contributed by atoms with E-state index in [1.807, 2.05) is 0 Å². The summed E-state index contributed by atoms with van der Waals surface area (Å²) < 4.78 is 38.2. The number of imide groups is 1. The summed E-state index contributed by atoms with van der Waals surface area (Å²) in [6, 6.07) is 10.9. The zero-order chi connectivity index (χ0) is 21.9. The van der Waals surface area contributed by atoms with Crippen LogP contribution in [-0.4, -0.2) is 28.5 Å². The van der Waals surface area contributed by atoms with Crippen molar-refractivity contribution in [3.05, 3.63) is 69.6 Å². The van der Waals surface area contributed by atoms with Crippen molar-refractivity contribution in [3.63, 3.8) is 0 Å². The molecule has 1 saturated heterocycles. The standard InChI is InChI=1S/C20H14ClF3N2O3S/c21-14-6-4-12(5-7-14)10-16-18(28)26(19(29)30-16)9-8-17(27)25-15-3-1-2-13(11-15)20(22,23)24/h1-7,10-11H,8-9H2,(H,25,27)/b16-10-. The molecule has 1 fully saturated rings. The van der Waals surface area contributed by atoms with Crippen molar-refractivity contribution >= 4 is 52.2 Å². The highest BCUT2D eigenvalue weighted by atomic mass is 35.5. The summed E-state index contributed by atoms with van der Waals surface area (Å²) in [4.78, 5) is 37.8. The molecule has 0 atom stereocenters. The molecule has 0 unspecified atom stereocenters. The van der Waals surface area contributed by atoms with Crippen LogP contribution >= 0.6 is 23.4 Å². The van der Waals surface area contributed by atoms with Gasteiger partial charge in [0, 0.05) is 23.7 Å². The third-order valence-electron chi connectivity index (χ3n) is 4.08. The highest BCUT2D eigenvalue weighted by molar-refractivity contribution is 8.18. The maximum Gasteiger partial charge on any atom is 0.416 e. The summed E-state index contributed by atoms with van der Waals surface area (Å²) in [5.74, 6) is -1.15. The molecule has 0 spiro atoms. The first-order valence-electron chi connectivity index (χ1n) is 8.61. The van der Waals surface area contributed by atoms with Crippen LogP contribution in [0.15, 0.2) is 53.4 Å². The zero-order valence-corrected chi connectivity index (χ0v) is 16.8. The van der Waals surface area contributed by atoms with E-state index >= 15 is 0 Å². The molecule has 0 aliphatic carbocycles. The summed E-state index contributed by atoms with van der Waals surface area (Å²) in [6.07, 6.45) is -3.23. The molecule has 1 heterocycles. The van der Waals surface area contributed by atoms with Crippen LogP contribution in [0.4, 0.5) is 23.7 Å². The smallest absolute Gasteiger partial charge is 0.326 e. The number of carbonyl (C=O) groups is 3. The van der Waals surface area contributed by atoms with Crippen molar-refractivity contribution in [1.82, 2.24) is 4.90 Å². The molecule has 1 aliphatic heterocycles. The molecule has 156 valence electrons. The first kappa shape index (κ1) is 21.9. The van der Waals surface area contributed by atoms with Crippen LogP contribution in [0.2, 0.25) is 5.02 Å². The second kappa shape index (κ2) is 8.93. The molecule has 0 radical (unpaired) electrons. The van der Waals surface area contributed by atoms with Crippen LogP contribution in [-0.2, 0) is 15.8 Å². The van der Waals surface area contributed by atoms with Crippen molar-refractivity contribution in [2.75, 3.05) is 11.9 Å². The van der Waals surface area contributed by atoms with Crippen LogP contribution in [0.5, 0.6) is 0 Å². The number of carbonyl (C=O) groups excluding carboxylic acids is 3. The van der Waals surface area contributed by atoms with E-state index in [-0.39, 0.29) is 23.6 Å². The number of nitrogens with one attached hydrogen (secondary N) is 1. The molecule has 0 bridgehead atoms. The number of hydrogen-bond acceptors (Lipinski definition) is 4. The molecule has 10 heteroatoms. The van der Waals surface area contributed by atoms with E-state index in [0.717, 1.165) is 28.8 Å². The van der Waals surface area contributed by atoms with Gasteiger partial charge in [-0.25, -0.2) is 0 Å². The lowest BCUT2D eigenvalue weighted by Gasteiger charge is -2.13. The topological polar surface area (TPSA) is 66.5 Å². The van der Waals surface area contributed by atoms with Gasteiger partial charge >= 0.3 is 6.18 Å². The summed E-state index contributed by atoms with van der Waals surface area (Å²) in [6.45, 7) is -0.187. The van der Waals surface area contributed by atoms with Crippen LogP contribution in [0.25, 0.3) is 6.08 Å². The Morgan fingerprint density at radius 2 is 1.83 bits per heavy atom. The number of halogens is 4. The molecule has 2 aromatic carbocycles. The van der Waals surface area contributed by atoms with Gasteiger partial charge in [0.1, 0.15) is 0 Å². The highest BCUT2D eigenvalue weighted by Crippen LogP contribution is 2.33. The maximum atomic E-state index is 12.7. The largest absolute Gasteiger partial charge is 0.416 e. The predicted octanol–water partition coefficient (Wildman–Crippen LogP) is 5.42. The quantitative estimate of drug-likeness (QED) is 0.612. The van der Waals surface area contributed by atoms with Gasteiger partial charge in [-0.1, -0.05) is 29.8 Å². The Kier molecular flexibility index (Phi) is 6.52. The number of nitrogens with zero attached hydrogens (tertiary/aromatic N) is 1. The van der Waals surface area contributed by atoms with Gasteiger partial charge in [0.25, 0.3) is 11.1 Å². The van der Waals surface area contributed by atoms with Gasteiger partial charge in [0.15, 0.2) is 0 Å². The third kappa shape index (κ3) is 5.43. The average molecular weight is 455 g/mol. The summed E-state index contributed by atoms with van der Waals surface area (Å²) in [7, 11) is 0.